The number of anilines is 2. The quantitative estimate of drug-likeness (QED) is 0.893. The molecule has 0 fully saturated rings. The number of pyridine rings is 1. The van der Waals surface area contributed by atoms with Gasteiger partial charge in [-0.25, -0.2) is 4.98 Å². The van der Waals surface area contributed by atoms with E-state index in [1.807, 2.05) is 18.2 Å². The molecule has 0 atom stereocenters. The molecule has 0 bridgehead atoms. The van der Waals surface area contributed by atoms with Gasteiger partial charge in [-0.3, -0.25) is 4.79 Å². The molecule has 1 aromatic carbocycles. The summed E-state index contributed by atoms with van der Waals surface area (Å²) in [6.07, 6.45) is 1.49. The van der Waals surface area contributed by atoms with E-state index < -0.39 is 0 Å². The summed E-state index contributed by atoms with van der Waals surface area (Å²) in [7, 11) is 1.77. The highest BCUT2D eigenvalue weighted by Gasteiger charge is 2.10. The van der Waals surface area contributed by atoms with E-state index in [9.17, 15) is 4.79 Å². The molecular weight excluding hydrogens is 250 g/mol. The molecule has 0 spiro atoms. The molecule has 2 N–H and O–H groups in total. The zero-order valence-corrected chi connectivity index (χ0v) is 10.5. The van der Waals surface area contributed by atoms with Crippen molar-refractivity contribution in [1.29, 1.82) is 0 Å². The summed E-state index contributed by atoms with van der Waals surface area (Å²) >= 11 is 5.73. The summed E-state index contributed by atoms with van der Waals surface area (Å²) in [5, 5.41) is 6.21. The maximum atomic E-state index is 12.1. The third-order valence-electron chi connectivity index (χ3n) is 2.41. The van der Waals surface area contributed by atoms with Crippen molar-refractivity contribution in [1.82, 2.24) is 4.98 Å². The van der Waals surface area contributed by atoms with Crippen LogP contribution in [0.2, 0.25) is 5.02 Å². The number of carbonyl (C=O) groups excluding carboxylic acids is 1. The normalized spacial score (nSPS) is 9.89. The maximum absolute atomic E-state index is 12.1. The second kappa shape index (κ2) is 5.51. The summed E-state index contributed by atoms with van der Waals surface area (Å²) in [5.41, 5.74) is 1.33. The molecule has 0 saturated carbocycles. The molecule has 4 nitrogen and oxygen atoms in total. The van der Waals surface area contributed by atoms with E-state index in [4.69, 9.17) is 11.6 Å². The number of amides is 1. The van der Waals surface area contributed by atoms with Gasteiger partial charge in [0.1, 0.15) is 5.82 Å². The Morgan fingerprint density at radius 2 is 2.00 bits per heavy atom. The number of carbonyl (C=O) groups is 1. The SMILES string of the molecule is CNc1ccccc1C(=O)Nc1ccc(Cl)cn1. The van der Waals surface area contributed by atoms with Crippen LogP contribution >= 0.6 is 11.6 Å². The van der Waals surface area contributed by atoms with Crippen LogP contribution in [-0.4, -0.2) is 17.9 Å². The first kappa shape index (κ1) is 12.4. The standard InChI is InChI=1S/C13H12ClN3O/c1-15-11-5-3-2-4-10(11)13(18)17-12-7-6-9(14)8-16-12/h2-8,15H,1H3,(H,16,17,18). The first-order valence-electron chi connectivity index (χ1n) is 5.40. The number of nitrogens with one attached hydrogen (secondary N) is 2. The van der Waals surface area contributed by atoms with Gasteiger partial charge >= 0.3 is 0 Å². The van der Waals surface area contributed by atoms with Crippen molar-refractivity contribution in [2.75, 3.05) is 17.7 Å². The highest BCUT2D eigenvalue weighted by molar-refractivity contribution is 6.30. The van der Waals surface area contributed by atoms with Gasteiger partial charge < -0.3 is 10.6 Å². The van der Waals surface area contributed by atoms with Crippen LogP contribution in [0.15, 0.2) is 42.6 Å². The fourth-order valence-corrected chi connectivity index (χ4v) is 1.64. The molecule has 18 heavy (non-hydrogen) atoms. The Morgan fingerprint density at radius 1 is 1.22 bits per heavy atom. The number of aromatic nitrogens is 1. The van der Waals surface area contributed by atoms with Gasteiger partial charge in [0.15, 0.2) is 0 Å². The second-order valence-corrected chi connectivity index (χ2v) is 4.05. The van der Waals surface area contributed by atoms with Gasteiger partial charge in [-0.1, -0.05) is 23.7 Å². The van der Waals surface area contributed by atoms with Crippen molar-refractivity contribution in [3.8, 4) is 0 Å². The lowest BCUT2D eigenvalue weighted by atomic mass is 10.1. The first-order chi connectivity index (χ1) is 8.70. The van der Waals surface area contributed by atoms with E-state index in [0.717, 1.165) is 5.69 Å². The van der Waals surface area contributed by atoms with E-state index >= 15 is 0 Å². The average Bonchev–Trinajstić information content (AvgIpc) is 2.41. The van der Waals surface area contributed by atoms with Crippen LogP contribution in [-0.2, 0) is 0 Å². The summed E-state index contributed by atoms with van der Waals surface area (Å²) in [6, 6.07) is 10.6. The van der Waals surface area contributed by atoms with Crippen molar-refractivity contribution in [3.63, 3.8) is 0 Å². The monoisotopic (exact) mass is 261 g/mol. The Balaban J connectivity index is 2.19. The van der Waals surface area contributed by atoms with Gasteiger partial charge in [0, 0.05) is 18.9 Å². The number of benzene rings is 1. The highest BCUT2D eigenvalue weighted by Crippen LogP contribution is 2.16. The molecule has 1 amide bonds. The first-order valence-corrected chi connectivity index (χ1v) is 5.78. The fraction of sp³-hybridized carbons (Fsp3) is 0.0769. The minimum atomic E-state index is -0.213. The number of rotatable bonds is 3. The molecule has 2 rings (SSSR count). The van der Waals surface area contributed by atoms with Gasteiger partial charge in [-0.2, -0.15) is 0 Å². The number of para-hydroxylation sites is 1. The van der Waals surface area contributed by atoms with Crippen LogP contribution in [0.1, 0.15) is 10.4 Å². The number of hydrogen-bond donors (Lipinski definition) is 2. The molecule has 0 unspecified atom stereocenters. The summed E-state index contributed by atoms with van der Waals surface area (Å²) in [5.74, 6) is 0.255. The minimum absolute atomic E-state index is 0.213. The lowest BCUT2D eigenvalue weighted by molar-refractivity contribution is 0.102. The third-order valence-corrected chi connectivity index (χ3v) is 2.63. The van der Waals surface area contributed by atoms with Crippen molar-refractivity contribution >= 4 is 29.0 Å². The van der Waals surface area contributed by atoms with Gasteiger partial charge in [-0.15, -0.1) is 0 Å². The largest absolute Gasteiger partial charge is 0.387 e. The summed E-state index contributed by atoms with van der Waals surface area (Å²) < 4.78 is 0. The number of nitrogens with zero attached hydrogens (tertiary/aromatic N) is 1. The van der Waals surface area contributed by atoms with Crippen LogP contribution < -0.4 is 10.6 Å². The van der Waals surface area contributed by atoms with Crippen LogP contribution in [0, 0.1) is 0 Å². The predicted octanol–water partition coefficient (Wildman–Crippen LogP) is 3.03. The van der Waals surface area contributed by atoms with E-state index in [2.05, 4.69) is 15.6 Å². The van der Waals surface area contributed by atoms with Crippen molar-refractivity contribution < 1.29 is 4.79 Å². The van der Waals surface area contributed by atoms with Crippen LogP contribution in [0.4, 0.5) is 11.5 Å². The average molecular weight is 262 g/mol. The van der Waals surface area contributed by atoms with Crippen molar-refractivity contribution in [3.05, 3.63) is 53.2 Å². The molecule has 0 saturated heterocycles. The molecule has 5 heteroatoms. The zero-order chi connectivity index (χ0) is 13.0. The summed E-state index contributed by atoms with van der Waals surface area (Å²) in [4.78, 5) is 16.1. The molecule has 92 valence electrons. The molecule has 0 aliphatic carbocycles. The van der Waals surface area contributed by atoms with E-state index in [1.54, 1.807) is 25.2 Å². The Kier molecular flexibility index (Phi) is 3.79. The van der Waals surface area contributed by atoms with Crippen molar-refractivity contribution in [2.45, 2.75) is 0 Å². The van der Waals surface area contributed by atoms with Crippen LogP contribution in [0.5, 0.6) is 0 Å². The van der Waals surface area contributed by atoms with Gasteiger partial charge in [0.2, 0.25) is 0 Å². The summed E-state index contributed by atoms with van der Waals surface area (Å²) in [6.45, 7) is 0. The second-order valence-electron chi connectivity index (χ2n) is 3.61. The molecule has 1 heterocycles. The van der Waals surface area contributed by atoms with Crippen molar-refractivity contribution in [2.24, 2.45) is 0 Å². The Morgan fingerprint density at radius 3 is 2.67 bits per heavy atom. The smallest absolute Gasteiger partial charge is 0.258 e. The van der Waals surface area contributed by atoms with Gasteiger partial charge in [0.05, 0.1) is 10.6 Å². The third kappa shape index (κ3) is 2.78. The lowest BCUT2D eigenvalue weighted by Gasteiger charge is -2.08. The fourth-order valence-electron chi connectivity index (χ4n) is 1.53. The molecule has 0 radical (unpaired) electrons. The lowest BCUT2D eigenvalue weighted by Crippen LogP contribution is -2.14. The van der Waals surface area contributed by atoms with Crippen LogP contribution in [0.25, 0.3) is 0 Å². The Labute approximate surface area is 110 Å². The van der Waals surface area contributed by atoms with E-state index in [1.165, 1.54) is 6.20 Å². The Hall–Kier alpha value is -2.07. The predicted molar refractivity (Wildman–Crippen MR) is 73.2 cm³/mol. The topological polar surface area (TPSA) is 54.0 Å². The molecule has 0 aliphatic heterocycles. The van der Waals surface area contributed by atoms with E-state index in [0.29, 0.717) is 16.4 Å². The van der Waals surface area contributed by atoms with Gasteiger partial charge in [0.25, 0.3) is 5.91 Å². The van der Waals surface area contributed by atoms with Gasteiger partial charge in [-0.05, 0) is 24.3 Å². The highest BCUT2D eigenvalue weighted by atomic mass is 35.5. The minimum Gasteiger partial charge on any atom is -0.387 e. The Bertz CT molecular complexity index is 554. The molecule has 0 aliphatic rings. The van der Waals surface area contributed by atoms with Crippen LogP contribution in [0.3, 0.4) is 0 Å². The zero-order valence-electron chi connectivity index (χ0n) is 9.77. The molecule has 2 aromatic rings. The number of hydrogen-bond acceptors (Lipinski definition) is 3. The number of halogens is 1. The molecular formula is C13H12ClN3O. The van der Waals surface area contributed by atoms with E-state index in [-0.39, 0.29) is 5.91 Å². The maximum Gasteiger partial charge on any atom is 0.258 e. The molecule has 1 aromatic heterocycles.